The lowest BCUT2D eigenvalue weighted by Gasteiger charge is -2.37. The number of aryl methyl sites for hydroxylation is 2. The smallest absolute Gasteiger partial charge is 0.259 e. The average Bonchev–Trinajstić information content (AvgIpc) is 3.59. The van der Waals surface area contributed by atoms with Crippen molar-refractivity contribution in [3.05, 3.63) is 77.4 Å². The van der Waals surface area contributed by atoms with Crippen LogP contribution in [0.25, 0.3) is 0 Å². The maximum atomic E-state index is 13.6. The van der Waals surface area contributed by atoms with Crippen LogP contribution in [0.1, 0.15) is 27.9 Å². The summed E-state index contributed by atoms with van der Waals surface area (Å²) in [7, 11) is 0. The first-order valence-electron chi connectivity index (χ1n) is 11.4. The number of nitrogens with zero attached hydrogens (tertiary/aromatic N) is 2. The van der Waals surface area contributed by atoms with Crippen molar-refractivity contribution in [2.24, 2.45) is 35.5 Å². The molecule has 2 aromatic rings. The number of hydrogen-bond donors (Lipinski definition) is 0. The summed E-state index contributed by atoms with van der Waals surface area (Å²) in [5.41, 5.74) is 3.22. The minimum absolute atomic E-state index is 0.0442. The molecule has 0 radical (unpaired) electrons. The first kappa shape index (κ1) is 19.5. The molecule has 2 bridgehead atoms. The van der Waals surface area contributed by atoms with Crippen molar-refractivity contribution in [2.75, 3.05) is 11.6 Å². The maximum Gasteiger partial charge on any atom is 0.259 e. The third kappa shape index (κ3) is 2.73. The lowest BCUT2D eigenvalue weighted by atomic mass is 9.63. The standard InChI is InChI=1S/C27H26N2O3/c1-15-8-9-16(2)22(12-15)28(25(30)17-6-4-3-5-7-17)14-29-26(31)23-18-10-11-19(21-13-20(18)21)24(23)27(29)32/h3-12,18-21,23-24H,13-14H2,1-2H3/t18-,19+,20-,21-,23+,24-/m1/s1. The third-order valence-corrected chi connectivity index (χ3v) is 7.96. The number of benzene rings is 2. The fourth-order valence-corrected chi connectivity index (χ4v) is 6.30. The highest BCUT2D eigenvalue weighted by molar-refractivity contribution is 6.10. The van der Waals surface area contributed by atoms with Crippen molar-refractivity contribution < 1.29 is 14.4 Å². The van der Waals surface area contributed by atoms with Gasteiger partial charge < -0.3 is 0 Å². The Labute approximate surface area is 187 Å². The van der Waals surface area contributed by atoms with Crippen molar-refractivity contribution in [2.45, 2.75) is 20.3 Å². The molecular weight excluding hydrogens is 400 g/mol. The van der Waals surface area contributed by atoms with Crippen LogP contribution in [0.5, 0.6) is 0 Å². The molecule has 6 atom stereocenters. The Hall–Kier alpha value is -3.21. The van der Waals surface area contributed by atoms with E-state index in [9.17, 15) is 14.4 Å². The molecule has 0 aromatic heterocycles. The van der Waals surface area contributed by atoms with Crippen LogP contribution < -0.4 is 4.90 Å². The summed E-state index contributed by atoms with van der Waals surface area (Å²) < 4.78 is 0. The van der Waals surface area contributed by atoms with Gasteiger partial charge in [-0.3, -0.25) is 24.2 Å². The topological polar surface area (TPSA) is 57.7 Å². The van der Waals surface area contributed by atoms with Crippen LogP contribution in [-0.2, 0) is 9.59 Å². The van der Waals surface area contributed by atoms with Crippen molar-refractivity contribution >= 4 is 23.4 Å². The summed E-state index contributed by atoms with van der Waals surface area (Å²) in [6, 6.07) is 15.0. The third-order valence-electron chi connectivity index (χ3n) is 7.96. The lowest BCUT2D eigenvalue weighted by molar-refractivity contribution is -0.140. The van der Waals surface area contributed by atoms with E-state index in [-0.39, 0.29) is 48.1 Å². The van der Waals surface area contributed by atoms with Crippen LogP contribution >= 0.6 is 0 Å². The molecule has 4 aliphatic carbocycles. The van der Waals surface area contributed by atoms with Gasteiger partial charge >= 0.3 is 0 Å². The number of amides is 3. The van der Waals surface area contributed by atoms with Gasteiger partial charge in [0.15, 0.2) is 0 Å². The van der Waals surface area contributed by atoms with E-state index in [2.05, 4.69) is 12.2 Å². The molecule has 5 aliphatic rings. The van der Waals surface area contributed by atoms with Crippen molar-refractivity contribution in [1.82, 2.24) is 4.90 Å². The van der Waals surface area contributed by atoms with Gasteiger partial charge in [0, 0.05) is 11.3 Å². The zero-order valence-electron chi connectivity index (χ0n) is 18.3. The molecule has 0 unspecified atom stereocenters. The summed E-state index contributed by atoms with van der Waals surface area (Å²) in [4.78, 5) is 43.6. The molecule has 162 valence electrons. The maximum absolute atomic E-state index is 13.6. The van der Waals surface area contributed by atoms with E-state index in [1.165, 1.54) is 4.90 Å². The Kier molecular flexibility index (Phi) is 4.19. The van der Waals surface area contributed by atoms with Gasteiger partial charge in [0.2, 0.25) is 11.8 Å². The van der Waals surface area contributed by atoms with Crippen molar-refractivity contribution in [3.63, 3.8) is 0 Å². The summed E-state index contributed by atoms with van der Waals surface area (Å²) in [5, 5.41) is 0. The second-order valence-corrected chi connectivity index (χ2v) is 9.79. The second kappa shape index (κ2) is 6.89. The fourth-order valence-electron chi connectivity index (χ4n) is 6.30. The average molecular weight is 427 g/mol. The van der Waals surface area contributed by atoms with E-state index >= 15 is 0 Å². The minimum atomic E-state index is -0.256. The summed E-state index contributed by atoms with van der Waals surface area (Å²) >= 11 is 0. The van der Waals surface area contributed by atoms with E-state index in [1.54, 1.807) is 17.0 Å². The molecule has 7 rings (SSSR count). The SMILES string of the molecule is Cc1ccc(C)c(N(CN2C(=O)[C@@H]3[C@H]4C=C[C@H]([C@H]5C[C@H]45)[C@@H]3C2=O)C(=O)c2ccccc2)c1. The van der Waals surface area contributed by atoms with Gasteiger partial charge in [-0.25, -0.2) is 0 Å². The minimum Gasteiger partial charge on any atom is -0.289 e. The number of allylic oxidation sites excluding steroid dienone is 2. The van der Waals surface area contributed by atoms with Crippen LogP contribution in [-0.4, -0.2) is 29.3 Å². The predicted molar refractivity (Wildman–Crippen MR) is 121 cm³/mol. The number of imide groups is 1. The van der Waals surface area contributed by atoms with E-state index in [4.69, 9.17) is 0 Å². The molecule has 0 N–H and O–H groups in total. The predicted octanol–water partition coefficient (Wildman–Crippen LogP) is 3.96. The molecule has 5 heteroatoms. The Bertz CT molecular complexity index is 1130. The van der Waals surface area contributed by atoms with E-state index in [0.29, 0.717) is 17.4 Å². The molecular formula is C27H26N2O3. The van der Waals surface area contributed by atoms with Crippen LogP contribution in [0.4, 0.5) is 5.69 Å². The molecule has 1 aliphatic heterocycles. The van der Waals surface area contributed by atoms with Crippen LogP contribution in [0.2, 0.25) is 0 Å². The zero-order valence-corrected chi connectivity index (χ0v) is 18.3. The summed E-state index contributed by atoms with van der Waals surface area (Å²) in [5.74, 6) is 0.529. The van der Waals surface area contributed by atoms with Gasteiger partial charge in [-0.2, -0.15) is 0 Å². The van der Waals surface area contributed by atoms with E-state index < -0.39 is 0 Å². The van der Waals surface area contributed by atoms with Gasteiger partial charge in [0.05, 0.1) is 11.8 Å². The number of likely N-dealkylation sites (tertiary alicyclic amines) is 1. The van der Waals surface area contributed by atoms with Gasteiger partial charge in [0.1, 0.15) is 6.67 Å². The van der Waals surface area contributed by atoms with E-state index in [1.807, 2.05) is 50.2 Å². The second-order valence-electron chi connectivity index (χ2n) is 9.79. The van der Waals surface area contributed by atoms with Gasteiger partial charge in [-0.1, -0.05) is 42.5 Å². The molecule has 32 heavy (non-hydrogen) atoms. The monoisotopic (exact) mass is 426 g/mol. The Morgan fingerprint density at radius 3 is 2.19 bits per heavy atom. The number of rotatable bonds is 4. The van der Waals surface area contributed by atoms with Gasteiger partial charge in [-0.05, 0) is 73.3 Å². The van der Waals surface area contributed by atoms with Gasteiger partial charge in [0.25, 0.3) is 5.91 Å². The Balaban J connectivity index is 1.37. The molecule has 0 spiro atoms. The Morgan fingerprint density at radius 2 is 1.56 bits per heavy atom. The van der Waals surface area contributed by atoms with E-state index in [0.717, 1.165) is 23.2 Å². The summed E-state index contributed by atoms with van der Waals surface area (Å²) in [6.45, 7) is 3.88. The first-order chi connectivity index (χ1) is 15.5. The number of hydrogen-bond acceptors (Lipinski definition) is 3. The van der Waals surface area contributed by atoms with Crippen molar-refractivity contribution in [3.8, 4) is 0 Å². The quantitative estimate of drug-likeness (QED) is 0.549. The number of carbonyl (C=O) groups excluding carboxylic acids is 3. The molecule has 5 nitrogen and oxygen atoms in total. The first-order valence-corrected chi connectivity index (χ1v) is 11.4. The largest absolute Gasteiger partial charge is 0.289 e. The zero-order chi connectivity index (χ0) is 22.1. The Morgan fingerprint density at radius 1 is 0.938 bits per heavy atom. The van der Waals surface area contributed by atoms with Crippen LogP contribution in [0, 0.1) is 49.4 Å². The van der Waals surface area contributed by atoms with Gasteiger partial charge in [-0.15, -0.1) is 0 Å². The number of anilines is 1. The van der Waals surface area contributed by atoms with Crippen LogP contribution in [0.15, 0.2) is 60.7 Å². The number of carbonyl (C=O) groups is 3. The lowest BCUT2D eigenvalue weighted by Crippen LogP contribution is -2.45. The molecule has 2 saturated carbocycles. The van der Waals surface area contributed by atoms with Crippen molar-refractivity contribution in [1.29, 1.82) is 0 Å². The molecule has 3 fully saturated rings. The summed E-state index contributed by atoms with van der Waals surface area (Å²) in [6.07, 6.45) is 5.48. The molecule has 1 saturated heterocycles. The highest BCUT2D eigenvalue weighted by Crippen LogP contribution is 2.65. The molecule has 3 amide bonds. The molecule has 2 aromatic carbocycles. The van der Waals surface area contributed by atoms with Crippen LogP contribution in [0.3, 0.4) is 0 Å². The highest BCUT2D eigenvalue weighted by Gasteiger charge is 2.67. The highest BCUT2D eigenvalue weighted by atomic mass is 16.2. The molecule has 1 heterocycles. The fraction of sp³-hybridized carbons (Fsp3) is 0.370. The normalized spacial score (nSPS) is 31.5.